The summed E-state index contributed by atoms with van der Waals surface area (Å²) in [5.74, 6) is 1.44. The number of rotatable bonds is 5. The average Bonchev–Trinajstić information content (AvgIpc) is 3.34. The molecular weight excluding hydrogens is 426 g/mol. The minimum atomic E-state index is 0.251. The fourth-order valence-corrected chi connectivity index (χ4v) is 4.54. The molecule has 1 aliphatic heterocycles. The minimum absolute atomic E-state index is 0.251. The molecule has 2 aromatic heterocycles. The Morgan fingerprint density at radius 2 is 2.03 bits per heavy atom. The van der Waals surface area contributed by atoms with E-state index in [9.17, 15) is 5.11 Å². The maximum atomic E-state index is 10.8. The molecule has 3 heterocycles. The van der Waals surface area contributed by atoms with Gasteiger partial charge in [-0.1, -0.05) is 28.9 Å². The number of aryl methyl sites for hydroxylation is 1. The molecule has 8 heteroatoms. The van der Waals surface area contributed by atoms with Gasteiger partial charge in [0.25, 0.3) is 0 Å². The van der Waals surface area contributed by atoms with Crippen LogP contribution in [0.4, 0.5) is 0 Å². The fourth-order valence-electron chi connectivity index (χ4n) is 4.41. The van der Waals surface area contributed by atoms with E-state index in [0.717, 1.165) is 47.1 Å². The van der Waals surface area contributed by atoms with Crippen LogP contribution in [0.2, 0.25) is 5.02 Å². The molecule has 2 aromatic carbocycles. The Bertz CT molecular complexity index is 1250. The molecule has 1 saturated heterocycles. The molecule has 1 fully saturated rings. The summed E-state index contributed by atoms with van der Waals surface area (Å²) in [7, 11) is 0. The number of nitrogens with one attached hydrogen (secondary N) is 1. The molecule has 0 saturated carbocycles. The smallest absolute Gasteiger partial charge is 0.241 e. The van der Waals surface area contributed by atoms with Crippen LogP contribution in [0.3, 0.4) is 0 Å². The zero-order chi connectivity index (χ0) is 22.2. The van der Waals surface area contributed by atoms with Crippen molar-refractivity contribution < 1.29 is 9.63 Å². The lowest BCUT2D eigenvalue weighted by Crippen LogP contribution is -2.48. The van der Waals surface area contributed by atoms with Crippen molar-refractivity contribution in [2.75, 3.05) is 19.6 Å². The highest BCUT2D eigenvalue weighted by atomic mass is 35.5. The predicted molar refractivity (Wildman–Crippen MR) is 125 cm³/mol. The van der Waals surface area contributed by atoms with E-state index in [-0.39, 0.29) is 5.88 Å². The summed E-state index contributed by atoms with van der Waals surface area (Å²) in [4.78, 5) is 6.95. The minimum Gasteiger partial charge on any atom is -0.494 e. The van der Waals surface area contributed by atoms with Crippen molar-refractivity contribution in [3.8, 4) is 17.3 Å². The van der Waals surface area contributed by atoms with E-state index >= 15 is 0 Å². The fraction of sp³-hybridized carbons (Fsp3) is 0.333. The van der Waals surface area contributed by atoms with Gasteiger partial charge in [0.1, 0.15) is 0 Å². The van der Waals surface area contributed by atoms with Crippen molar-refractivity contribution in [3.63, 3.8) is 0 Å². The van der Waals surface area contributed by atoms with E-state index in [0.29, 0.717) is 35.9 Å². The van der Waals surface area contributed by atoms with Crippen LogP contribution in [0.5, 0.6) is 5.88 Å². The third-order valence-electron chi connectivity index (χ3n) is 5.96. The lowest BCUT2D eigenvalue weighted by molar-refractivity contribution is 0.177. The van der Waals surface area contributed by atoms with Crippen molar-refractivity contribution in [3.05, 3.63) is 64.6 Å². The van der Waals surface area contributed by atoms with Crippen molar-refractivity contribution in [2.45, 2.75) is 33.0 Å². The first-order chi connectivity index (χ1) is 15.5. The number of fused-ring (bicyclic) bond motifs is 1. The lowest BCUT2D eigenvalue weighted by Gasteiger charge is -2.30. The van der Waals surface area contributed by atoms with Crippen LogP contribution in [0, 0.1) is 6.92 Å². The SMILES string of the molecule is Cc1cc(-c2noc(CN3CCNC(C)C3)n2)cc2cn(Cc3ccc(Cl)cc3)c(O)c12. The van der Waals surface area contributed by atoms with Crippen LogP contribution in [-0.2, 0) is 13.1 Å². The van der Waals surface area contributed by atoms with Gasteiger partial charge in [-0.15, -0.1) is 0 Å². The maximum absolute atomic E-state index is 10.8. The van der Waals surface area contributed by atoms with Crippen LogP contribution in [-0.4, -0.2) is 50.4 Å². The van der Waals surface area contributed by atoms with Gasteiger partial charge in [-0.05, 0) is 49.2 Å². The van der Waals surface area contributed by atoms with Crippen LogP contribution >= 0.6 is 11.6 Å². The predicted octanol–water partition coefficient (Wildman–Crippen LogP) is 4.20. The Hall–Kier alpha value is -2.87. The highest BCUT2D eigenvalue weighted by Gasteiger charge is 2.20. The molecule has 1 unspecified atom stereocenters. The van der Waals surface area contributed by atoms with Gasteiger partial charge in [0.15, 0.2) is 5.88 Å². The first kappa shape index (κ1) is 21.0. The number of hydrogen-bond acceptors (Lipinski definition) is 6. The van der Waals surface area contributed by atoms with E-state index in [1.807, 2.05) is 54.1 Å². The first-order valence-electron chi connectivity index (χ1n) is 10.8. The molecule has 0 radical (unpaired) electrons. The Kier molecular flexibility index (Phi) is 5.63. The van der Waals surface area contributed by atoms with Crippen LogP contribution in [0.1, 0.15) is 23.9 Å². The monoisotopic (exact) mass is 451 g/mol. The summed E-state index contributed by atoms with van der Waals surface area (Å²) >= 11 is 5.99. The Labute approximate surface area is 191 Å². The normalized spacial score (nSPS) is 17.3. The number of aromatic nitrogens is 3. The largest absolute Gasteiger partial charge is 0.494 e. The summed E-state index contributed by atoms with van der Waals surface area (Å²) < 4.78 is 7.38. The molecular formula is C24H26ClN5O2. The lowest BCUT2D eigenvalue weighted by atomic mass is 10.1. The van der Waals surface area contributed by atoms with Crippen molar-refractivity contribution >= 4 is 22.4 Å². The molecule has 1 atom stereocenters. The number of hydrogen-bond donors (Lipinski definition) is 2. The molecule has 7 nitrogen and oxygen atoms in total. The molecule has 0 amide bonds. The summed E-state index contributed by atoms with van der Waals surface area (Å²) in [6.07, 6.45) is 1.96. The maximum Gasteiger partial charge on any atom is 0.241 e. The second-order valence-corrected chi connectivity index (χ2v) is 9.00. The molecule has 2 N–H and O–H groups in total. The number of nitrogens with zero attached hydrogens (tertiary/aromatic N) is 4. The van der Waals surface area contributed by atoms with E-state index in [4.69, 9.17) is 16.1 Å². The number of halogens is 1. The van der Waals surface area contributed by atoms with Gasteiger partial charge < -0.3 is 19.5 Å². The van der Waals surface area contributed by atoms with Gasteiger partial charge in [0.2, 0.25) is 11.7 Å². The summed E-state index contributed by atoms with van der Waals surface area (Å²) in [5, 5.41) is 21.0. The molecule has 32 heavy (non-hydrogen) atoms. The topological polar surface area (TPSA) is 79.4 Å². The van der Waals surface area contributed by atoms with Gasteiger partial charge >= 0.3 is 0 Å². The summed E-state index contributed by atoms with van der Waals surface area (Å²) in [5.41, 5.74) is 2.90. The van der Waals surface area contributed by atoms with E-state index in [1.165, 1.54) is 0 Å². The van der Waals surface area contributed by atoms with Crippen LogP contribution in [0.15, 0.2) is 47.1 Å². The molecule has 5 rings (SSSR count). The number of piperazine rings is 1. The number of benzene rings is 2. The second kappa shape index (κ2) is 8.58. The molecule has 0 bridgehead atoms. The molecule has 166 valence electrons. The molecule has 1 aliphatic rings. The Morgan fingerprint density at radius 3 is 2.81 bits per heavy atom. The number of aromatic hydroxyl groups is 1. The van der Waals surface area contributed by atoms with Crippen molar-refractivity contribution in [2.24, 2.45) is 0 Å². The highest BCUT2D eigenvalue weighted by Crippen LogP contribution is 2.34. The van der Waals surface area contributed by atoms with Crippen molar-refractivity contribution in [1.82, 2.24) is 24.9 Å². The van der Waals surface area contributed by atoms with Gasteiger partial charge in [0, 0.05) is 53.2 Å². The van der Waals surface area contributed by atoms with Gasteiger partial charge in [-0.25, -0.2) is 0 Å². The van der Waals surface area contributed by atoms with Gasteiger partial charge in [-0.2, -0.15) is 4.98 Å². The highest BCUT2D eigenvalue weighted by molar-refractivity contribution is 6.30. The summed E-state index contributed by atoms with van der Waals surface area (Å²) in [6.45, 7) is 8.27. The standard InChI is InChI=1S/C24H26ClN5O2/c1-15-9-18(23-27-21(32-28-23)14-29-8-7-26-16(2)11-29)10-19-13-30(24(31)22(15)19)12-17-3-5-20(25)6-4-17/h3-6,9-10,13,16,26,31H,7-8,11-12,14H2,1-2H3. The third-order valence-corrected chi connectivity index (χ3v) is 6.21. The third kappa shape index (κ3) is 4.24. The molecule has 0 spiro atoms. The van der Waals surface area contributed by atoms with Gasteiger partial charge in [0.05, 0.1) is 13.1 Å². The molecule has 0 aliphatic carbocycles. The van der Waals surface area contributed by atoms with Gasteiger partial charge in [-0.3, -0.25) is 4.90 Å². The quantitative estimate of drug-likeness (QED) is 0.473. The Morgan fingerprint density at radius 1 is 1.22 bits per heavy atom. The van der Waals surface area contributed by atoms with E-state index in [2.05, 4.69) is 27.3 Å². The van der Waals surface area contributed by atoms with E-state index in [1.54, 1.807) is 0 Å². The zero-order valence-electron chi connectivity index (χ0n) is 18.2. The van der Waals surface area contributed by atoms with E-state index < -0.39 is 0 Å². The second-order valence-electron chi connectivity index (χ2n) is 8.57. The first-order valence-corrected chi connectivity index (χ1v) is 11.2. The van der Waals surface area contributed by atoms with Crippen molar-refractivity contribution in [1.29, 1.82) is 0 Å². The zero-order valence-corrected chi connectivity index (χ0v) is 18.9. The van der Waals surface area contributed by atoms with Crippen LogP contribution in [0.25, 0.3) is 22.2 Å². The van der Waals surface area contributed by atoms with Crippen LogP contribution < -0.4 is 5.32 Å². The summed E-state index contributed by atoms with van der Waals surface area (Å²) in [6, 6.07) is 12.1. The molecule has 4 aromatic rings. The Balaban J connectivity index is 1.40. The average molecular weight is 452 g/mol.